The van der Waals surface area contributed by atoms with Crippen LogP contribution in [0.4, 0.5) is 0 Å². The number of ether oxygens (including phenoxy) is 1. The minimum absolute atomic E-state index is 0.0140. The second-order valence-corrected chi connectivity index (χ2v) is 5.44. The molecule has 5 heteroatoms. The standard InChI is InChI=1S/C16H23N3O2/c1-4-5-8-16(20)19-9-6-7-14(11-19)21-15-10-12(2)17-13(3)18-15/h4,10,14H,1,5-9,11H2,2-3H3/t14-/m1/s1. The summed E-state index contributed by atoms with van der Waals surface area (Å²) in [4.78, 5) is 22.5. The highest BCUT2D eigenvalue weighted by atomic mass is 16.5. The first-order valence-corrected chi connectivity index (χ1v) is 7.46. The average molecular weight is 289 g/mol. The Morgan fingerprint density at radius 3 is 3.05 bits per heavy atom. The quantitative estimate of drug-likeness (QED) is 0.781. The van der Waals surface area contributed by atoms with Gasteiger partial charge in [0, 0.05) is 24.7 Å². The summed E-state index contributed by atoms with van der Waals surface area (Å²) in [6.07, 6.45) is 4.97. The van der Waals surface area contributed by atoms with Gasteiger partial charge >= 0.3 is 0 Å². The van der Waals surface area contributed by atoms with Crippen LogP contribution in [0.2, 0.25) is 0 Å². The smallest absolute Gasteiger partial charge is 0.223 e. The van der Waals surface area contributed by atoms with Gasteiger partial charge in [-0.1, -0.05) is 6.08 Å². The van der Waals surface area contributed by atoms with Crippen molar-refractivity contribution in [2.24, 2.45) is 0 Å². The van der Waals surface area contributed by atoms with E-state index in [1.807, 2.05) is 24.8 Å². The van der Waals surface area contributed by atoms with Crippen LogP contribution in [0.15, 0.2) is 18.7 Å². The van der Waals surface area contributed by atoms with Crippen LogP contribution in [0.25, 0.3) is 0 Å². The Bertz CT molecular complexity index is 496. The van der Waals surface area contributed by atoms with Gasteiger partial charge in [-0.15, -0.1) is 6.58 Å². The molecule has 1 saturated heterocycles. The van der Waals surface area contributed by atoms with E-state index in [4.69, 9.17) is 4.74 Å². The fourth-order valence-electron chi connectivity index (χ4n) is 2.56. The zero-order valence-corrected chi connectivity index (χ0v) is 12.8. The van der Waals surface area contributed by atoms with Crippen molar-refractivity contribution in [3.63, 3.8) is 0 Å². The number of amides is 1. The summed E-state index contributed by atoms with van der Waals surface area (Å²) in [5.41, 5.74) is 0.896. The molecule has 1 atom stereocenters. The fourth-order valence-corrected chi connectivity index (χ4v) is 2.56. The number of likely N-dealkylation sites (tertiary alicyclic amines) is 1. The number of rotatable bonds is 5. The maximum Gasteiger partial charge on any atom is 0.223 e. The first kappa shape index (κ1) is 15.5. The largest absolute Gasteiger partial charge is 0.472 e. The van der Waals surface area contributed by atoms with Gasteiger partial charge in [0.1, 0.15) is 11.9 Å². The third-order valence-corrected chi connectivity index (χ3v) is 3.52. The molecule has 0 radical (unpaired) electrons. The third kappa shape index (κ3) is 4.55. The van der Waals surface area contributed by atoms with Crippen LogP contribution in [0.1, 0.15) is 37.2 Å². The first-order chi connectivity index (χ1) is 10.1. The third-order valence-electron chi connectivity index (χ3n) is 3.52. The van der Waals surface area contributed by atoms with Crippen molar-refractivity contribution in [1.29, 1.82) is 0 Å². The molecule has 1 aromatic heterocycles. The average Bonchev–Trinajstić information content (AvgIpc) is 2.44. The molecule has 0 spiro atoms. The lowest BCUT2D eigenvalue weighted by Crippen LogP contribution is -2.44. The molecule has 2 heterocycles. The van der Waals surface area contributed by atoms with Crippen LogP contribution >= 0.6 is 0 Å². The number of hydrogen-bond acceptors (Lipinski definition) is 4. The van der Waals surface area contributed by atoms with E-state index in [0.717, 1.165) is 31.5 Å². The van der Waals surface area contributed by atoms with E-state index in [0.29, 0.717) is 24.7 Å². The summed E-state index contributed by atoms with van der Waals surface area (Å²) in [5, 5.41) is 0. The number of aryl methyl sites for hydroxylation is 2. The summed E-state index contributed by atoms with van der Waals surface area (Å²) in [6.45, 7) is 8.89. The highest BCUT2D eigenvalue weighted by molar-refractivity contribution is 5.76. The Morgan fingerprint density at radius 1 is 1.52 bits per heavy atom. The predicted octanol–water partition coefficient (Wildman–Crippen LogP) is 2.43. The molecule has 0 saturated carbocycles. The normalized spacial score (nSPS) is 18.4. The Balaban J connectivity index is 1.94. The van der Waals surface area contributed by atoms with Crippen molar-refractivity contribution >= 4 is 5.91 Å². The van der Waals surface area contributed by atoms with Crippen molar-refractivity contribution in [3.05, 3.63) is 30.2 Å². The van der Waals surface area contributed by atoms with E-state index >= 15 is 0 Å². The molecule has 0 aromatic carbocycles. The second-order valence-electron chi connectivity index (χ2n) is 5.44. The van der Waals surface area contributed by atoms with Gasteiger partial charge in [0.2, 0.25) is 11.8 Å². The molecule has 21 heavy (non-hydrogen) atoms. The molecule has 5 nitrogen and oxygen atoms in total. The SMILES string of the molecule is C=CCCC(=O)N1CCC[C@@H](Oc2cc(C)nc(C)n2)C1. The Labute approximate surface area is 126 Å². The van der Waals surface area contributed by atoms with Crippen LogP contribution in [-0.2, 0) is 4.79 Å². The number of allylic oxidation sites excluding steroid dienone is 1. The minimum atomic E-state index is 0.0140. The molecule has 0 N–H and O–H groups in total. The van der Waals surface area contributed by atoms with E-state index in [2.05, 4.69) is 16.5 Å². The summed E-state index contributed by atoms with van der Waals surface area (Å²) in [6, 6.07) is 1.84. The van der Waals surface area contributed by atoms with E-state index in [9.17, 15) is 4.79 Å². The zero-order valence-electron chi connectivity index (χ0n) is 12.8. The Kier molecular flexibility index (Phi) is 5.31. The van der Waals surface area contributed by atoms with Gasteiger partial charge in [-0.25, -0.2) is 4.98 Å². The highest BCUT2D eigenvalue weighted by Crippen LogP contribution is 2.18. The van der Waals surface area contributed by atoms with Gasteiger partial charge in [-0.2, -0.15) is 4.98 Å². The van der Waals surface area contributed by atoms with E-state index in [-0.39, 0.29) is 12.0 Å². The number of carbonyl (C=O) groups is 1. The highest BCUT2D eigenvalue weighted by Gasteiger charge is 2.24. The molecule has 0 unspecified atom stereocenters. The monoisotopic (exact) mass is 289 g/mol. The van der Waals surface area contributed by atoms with Gasteiger partial charge in [-0.3, -0.25) is 4.79 Å². The number of nitrogens with zero attached hydrogens (tertiary/aromatic N) is 3. The van der Waals surface area contributed by atoms with E-state index < -0.39 is 0 Å². The lowest BCUT2D eigenvalue weighted by atomic mass is 10.1. The molecule has 114 valence electrons. The lowest BCUT2D eigenvalue weighted by Gasteiger charge is -2.32. The maximum absolute atomic E-state index is 12.1. The topological polar surface area (TPSA) is 55.3 Å². The number of aromatic nitrogens is 2. The van der Waals surface area contributed by atoms with Crippen molar-refractivity contribution in [3.8, 4) is 5.88 Å². The molecular weight excluding hydrogens is 266 g/mol. The van der Waals surface area contributed by atoms with Crippen LogP contribution in [-0.4, -0.2) is 40.0 Å². The first-order valence-electron chi connectivity index (χ1n) is 7.46. The molecule has 1 aliphatic rings. The van der Waals surface area contributed by atoms with Crippen molar-refractivity contribution in [1.82, 2.24) is 14.9 Å². The van der Waals surface area contributed by atoms with Crippen LogP contribution < -0.4 is 4.74 Å². The molecule has 1 aliphatic heterocycles. The van der Waals surface area contributed by atoms with Crippen LogP contribution in [0.5, 0.6) is 5.88 Å². The predicted molar refractivity (Wildman–Crippen MR) is 81.2 cm³/mol. The number of hydrogen-bond donors (Lipinski definition) is 0. The molecule has 1 fully saturated rings. The lowest BCUT2D eigenvalue weighted by molar-refractivity contribution is -0.133. The maximum atomic E-state index is 12.1. The molecule has 2 rings (SSSR count). The molecule has 0 bridgehead atoms. The van der Waals surface area contributed by atoms with Crippen molar-refractivity contribution in [2.45, 2.75) is 45.6 Å². The van der Waals surface area contributed by atoms with Gasteiger partial charge in [0.15, 0.2) is 0 Å². The van der Waals surface area contributed by atoms with E-state index in [1.165, 1.54) is 0 Å². The second kappa shape index (κ2) is 7.20. The zero-order chi connectivity index (χ0) is 15.2. The molecule has 0 aliphatic carbocycles. The van der Waals surface area contributed by atoms with Gasteiger partial charge < -0.3 is 9.64 Å². The fraction of sp³-hybridized carbons (Fsp3) is 0.562. The van der Waals surface area contributed by atoms with Gasteiger partial charge in [0.05, 0.1) is 6.54 Å². The molecular formula is C16H23N3O2. The van der Waals surface area contributed by atoms with Crippen molar-refractivity contribution in [2.75, 3.05) is 13.1 Å². The number of carbonyl (C=O) groups excluding carboxylic acids is 1. The Morgan fingerprint density at radius 2 is 2.33 bits per heavy atom. The summed E-state index contributed by atoms with van der Waals surface area (Å²) >= 11 is 0. The van der Waals surface area contributed by atoms with E-state index in [1.54, 1.807) is 6.08 Å². The summed E-state index contributed by atoms with van der Waals surface area (Å²) < 4.78 is 5.94. The molecule has 1 aromatic rings. The van der Waals surface area contributed by atoms with Crippen LogP contribution in [0.3, 0.4) is 0 Å². The molecule has 1 amide bonds. The van der Waals surface area contributed by atoms with Gasteiger partial charge in [0.25, 0.3) is 0 Å². The van der Waals surface area contributed by atoms with Crippen LogP contribution in [0, 0.1) is 13.8 Å². The minimum Gasteiger partial charge on any atom is -0.472 e. The van der Waals surface area contributed by atoms with Crippen molar-refractivity contribution < 1.29 is 9.53 Å². The van der Waals surface area contributed by atoms with Gasteiger partial charge in [-0.05, 0) is 33.1 Å². The summed E-state index contributed by atoms with van der Waals surface area (Å²) in [7, 11) is 0. The Hall–Kier alpha value is -1.91. The number of piperidine rings is 1. The summed E-state index contributed by atoms with van der Waals surface area (Å²) in [5.74, 6) is 1.49.